The minimum Gasteiger partial charge on any atom is -0.486 e. The average Bonchev–Trinajstić information content (AvgIpc) is 3.33. The molecular weight excluding hydrogens is 378 g/mol. The Morgan fingerprint density at radius 2 is 2.00 bits per heavy atom. The molecule has 0 bridgehead atoms. The van der Waals surface area contributed by atoms with Crippen LogP contribution < -0.4 is 10.1 Å². The predicted octanol–water partition coefficient (Wildman–Crippen LogP) is 5.64. The molecule has 1 aliphatic heterocycles. The van der Waals surface area contributed by atoms with E-state index in [4.69, 9.17) is 9.15 Å². The third kappa shape index (κ3) is 3.34. The molecule has 5 heteroatoms. The molecule has 30 heavy (non-hydrogen) atoms. The smallest absolute Gasteiger partial charge is 0.287 e. The molecule has 1 aromatic carbocycles. The van der Waals surface area contributed by atoms with Gasteiger partial charge in [0.2, 0.25) is 0 Å². The SMILES string of the molecule is Cc1c(C(=O)NCCC2=CCCCC2)oc2ccc3c(c12)C(=O)CC1(CCCC1)O3. The highest BCUT2D eigenvalue weighted by molar-refractivity contribution is 6.13. The molecule has 0 saturated heterocycles. The van der Waals surface area contributed by atoms with Gasteiger partial charge in [0, 0.05) is 17.5 Å². The van der Waals surface area contributed by atoms with Crippen LogP contribution in [0.4, 0.5) is 0 Å². The Hall–Kier alpha value is -2.56. The quantitative estimate of drug-likeness (QED) is 0.666. The van der Waals surface area contributed by atoms with Gasteiger partial charge >= 0.3 is 0 Å². The van der Waals surface area contributed by atoms with E-state index in [2.05, 4.69) is 11.4 Å². The first-order valence-corrected chi connectivity index (χ1v) is 11.3. The lowest BCUT2D eigenvalue weighted by atomic mass is 9.87. The van der Waals surface area contributed by atoms with Crippen LogP contribution in [0.15, 0.2) is 28.2 Å². The summed E-state index contributed by atoms with van der Waals surface area (Å²) in [4.78, 5) is 25.9. The van der Waals surface area contributed by atoms with Gasteiger partial charge in [-0.3, -0.25) is 9.59 Å². The molecule has 1 saturated carbocycles. The van der Waals surface area contributed by atoms with Gasteiger partial charge in [0.05, 0.1) is 12.0 Å². The van der Waals surface area contributed by atoms with Crippen molar-refractivity contribution in [3.05, 3.63) is 40.7 Å². The van der Waals surface area contributed by atoms with Crippen molar-refractivity contribution in [2.75, 3.05) is 6.54 Å². The van der Waals surface area contributed by atoms with Crippen LogP contribution in [0, 0.1) is 6.92 Å². The van der Waals surface area contributed by atoms with Crippen LogP contribution in [-0.2, 0) is 0 Å². The highest BCUT2D eigenvalue weighted by Crippen LogP contribution is 2.46. The maximum Gasteiger partial charge on any atom is 0.287 e. The molecule has 1 fully saturated rings. The fourth-order valence-corrected chi connectivity index (χ4v) is 5.40. The molecule has 1 spiro atoms. The first kappa shape index (κ1) is 19.4. The van der Waals surface area contributed by atoms with Crippen LogP contribution in [-0.4, -0.2) is 23.8 Å². The molecule has 0 radical (unpaired) electrons. The second-order valence-corrected chi connectivity index (χ2v) is 9.07. The van der Waals surface area contributed by atoms with Crippen LogP contribution in [0.1, 0.15) is 90.7 Å². The molecule has 1 aromatic heterocycles. The maximum absolute atomic E-state index is 13.1. The number of furan rings is 1. The topological polar surface area (TPSA) is 68.5 Å². The standard InChI is InChI=1S/C25H29NO4/c1-16-21-19(29-23(16)24(28)26-14-11-17-7-3-2-4-8-17)9-10-20-22(21)18(27)15-25(30-20)12-5-6-13-25/h7,9-10H,2-6,8,11-15H2,1H3,(H,26,28). The molecule has 5 rings (SSSR count). The van der Waals surface area contributed by atoms with Crippen molar-refractivity contribution in [1.29, 1.82) is 0 Å². The lowest BCUT2D eigenvalue weighted by molar-refractivity contribution is 0.0454. The van der Waals surface area contributed by atoms with Crippen LogP contribution in [0.5, 0.6) is 5.75 Å². The number of carbonyl (C=O) groups is 2. The number of nitrogens with one attached hydrogen (secondary N) is 1. The van der Waals surface area contributed by atoms with Crippen molar-refractivity contribution in [1.82, 2.24) is 5.32 Å². The summed E-state index contributed by atoms with van der Waals surface area (Å²) in [5.74, 6) is 0.819. The monoisotopic (exact) mass is 407 g/mol. The van der Waals surface area contributed by atoms with Crippen molar-refractivity contribution in [2.45, 2.75) is 76.7 Å². The Balaban J connectivity index is 1.39. The number of fused-ring (bicyclic) bond motifs is 3. The van der Waals surface area contributed by atoms with Gasteiger partial charge in [-0.05, 0) is 76.8 Å². The van der Waals surface area contributed by atoms with Crippen LogP contribution in [0.2, 0.25) is 0 Å². The fraction of sp³-hybridized carbons (Fsp3) is 0.520. The highest BCUT2D eigenvalue weighted by Gasteiger charge is 2.43. The van der Waals surface area contributed by atoms with Gasteiger partial charge < -0.3 is 14.5 Å². The molecule has 3 aliphatic rings. The minimum absolute atomic E-state index is 0.101. The number of benzene rings is 1. The molecule has 158 valence electrons. The van der Waals surface area contributed by atoms with Gasteiger partial charge in [0.15, 0.2) is 11.5 Å². The van der Waals surface area contributed by atoms with E-state index in [9.17, 15) is 9.59 Å². The van der Waals surface area contributed by atoms with E-state index in [1.54, 1.807) is 0 Å². The van der Waals surface area contributed by atoms with Crippen molar-refractivity contribution in [3.8, 4) is 5.75 Å². The summed E-state index contributed by atoms with van der Waals surface area (Å²) in [6, 6.07) is 3.65. The lowest BCUT2D eigenvalue weighted by Crippen LogP contribution is -2.39. The molecule has 2 heterocycles. The molecule has 0 atom stereocenters. The normalized spacial score (nSPS) is 20.2. The van der Waals surface area contributed by atoms with Gasteiger partial charge in [-0.15, -0.1) is 0 Å². The van der Waals surface area contributed by atoms with Crippen LogP contribution >= 0.6 is 0 Å². The summed E-state index contributed by atoms with van der Waals surface area (Å²) in [6.07, 6.45) is 12.5. The number of rotatable bonds is 4. The number of aryl methyl sites for hydroxylation is 1. The molecule has 2 aromatic rings. The van der Waals surface area contributed by atoms with E-state index in [-0.39, 0.29) is 17.3 Å². The number of ether oxygens (including phenoxy) is 1. The lowest BCUT2D eigenvalue weighted by Gasteiger charge is -2.34. The van der Waals surface area contributed by atoms with E-state index >= 15 is 0 Å². The average molecular weight is 408 g/mol. The number of hydrogen-bond donors (Lipinski definition) is 1. The molecule has 2 aliphatic carbocycles. The van der Waals surface area contributed by atoms with Crippen LogP contribution in [0.25, 0.3) is 11.0 Å². The Morgan fingerprint density at radius 3 is 2.77 bits per heavy atom. The van der Waals surface area contributed by atoms with Gasteiger partial charge in [-0.1, -0.05) is 11.6 Å². The Labute approximate surface area is 176 Å². The summed E-state index contributed by atoms with van der Waals surface area (Å²) >= 11 is 0. The van der Waals surface area contributed by atoms with E-state index in [0.717, 1.165) is 55.9 Å². The summed E-state index contributed by atoms with van der Waals surface area (Å²) in [7, 11) is 0. The third-order valence-electron chi connectivity index (χ3n) is 6.98. The van der Waals surface area contributed by atoms with Gasteiger partial charge in [0.1, 0.15) is 16.9 Å². The second kappa shape index (κ2) is 7.60. The number of amides is 1. The molecule has 1 N–H and O–H groups in total. The number of ketones is 1. The summed E-state index contributed by atoms with van der Waals surface area (Å²) in [6.45, 7) is 2.46. The third-order valence-corrected chi connectivity index (χ3v) is 6.98. The van der Waals surface area contributed by atoms with Crippen LogP contribution in [0.3, 0.4) is 0 Å². The van der Waals surface area contributed by atoms with E-state index in [0.29, 0.717) is 35.6 Å². The minimum atomic E-state index is -0.330. The second-order valence-electron chi connectivity index (χ2n) is 9.07. The molecule has 0 unspecified atom stereocenters. The number of hydrogen-bond acceptors (Lipinski definition) is 4. The van der Waals surface area contributed by atoms with Crippen molar-refractivity contribution in [2.24, 2.45) is 0 Å². The zero-order valence-electron chi connectivity index (χ0n) is 17.6. The maximum atomic E-state index is 13.1. The Bertz CT molecular complexity index is 1040. The Kier molecular flexibility index (Phi) is 4.92. The van der Waals surface area contributed by atoms with Gasteiger partial charge in [0.25, 0.3) is 5.91 Å². The Morgan fingerprint density at radius 1 is 1.17 bits per heavy atom. The zero-order chi connectivity index (χ0) is 20.7. The van der Waals surface area contributed by atoms with Crippen molar-refractivity contribution >= 4 is 22.7 Å². The predicted molar refractivity (Wildman–Crippen MR) is 115 cm³/mol. The first-order valence-electron chi connectivity index (χ1n) is 11.3. The summed E-state index contributed by atoms with van der Waals surface area (Å²) in [5.41, 5.74) is 2.98. The number of Topliss-reactive ketones (excluding diaryl/α,β-unsaturated/α-hetero) is 1. The van der Waals surface area contributed by atoms with Crippen molar-refractivity contribution in [3.63, 3.8) is 0 Å². The van der Waals surface area contributed by atoms with Gasteiger partial charge in [-0.25, -0.2) is 0 Å². The first-order chi connectivity index (χ1) is 14.6. The zero-order valence-corrected chi connectivity index (χ0v) is 17.6. The summed E-state index contributed by atoms with van der Waals surface area (Å²) in [5, 5.41) is 3.72. The molecule has 1 amide bonds. The largest absolute Gasteiger partial charge is 0.486 e. The summed E-state index contributed by atoms with van der Waals surface area (Å²) < 4.78 is 12.2. The van der Waals surface area contributed by atoms with Crippen molar-refractivity contribution < 1.29 is 18.7 Å². The molecular formula is C25H29NO4. The number of allylic oxidation sites excluding steroid dienone is 1. The number of carbonyl (C=O) groups excluding carboxylic acids is 2. The highest BCUT2D eigenvalue weighted by atomic mass is 16.5. The molecule has 5 nitrogen and oxygen atoms in total. The van der Waals surface area contributed by atoms with E-state index in [1.165, 1.54) is 18.4 Å². The van der Waals surface area contributed by atoms with E-state index < -0.39 is 0 Å². The fourth-order valence-electron chi connectivity index (χ4n) is 5.40. The van der Waals surface area contributed by atoms with Gasteiger partial charge in [-0.2, -0.15) is 0 Å². The van der Waals surface area contributed by atoms with E-state index in [1.807, 2.05) is 19.1 Å².